The highest BCUT2D eigenvalue weighted by molar-refractivity contribution is 7.98. The van der Waals surface area contributed by atoms with Crippen molar-refractivity contribution in [2.75, 3.05) is 30.8 Å². The van der Waals surface area contributed by atoms with Gasteiger partial charge in [-0.2, -0.15) is 0 Å². The van der Waals surface area contributed by atoms with Gasteiger partial charge in [0.25, 0.3) is 0 Å². The van der Waals surface area contributed by atoms with E-state index < -0.39 is 0 Å². The summed E-state index contributed by atoms with van der Waals surface area (Å²) in [5.41, 5.74) is -0.180. The first-order valence-electron chi connectivity index (χ1n) is 9.65. The lowest BCUT2D eigenvalue weighted by Crippen LogP contribution is -2.54. The Bertz CT molecular complexity index is 634. The predicted molar refractivity (Wildman–Crippen MR) is 101 cm³/mol. The van der Waals surface area contributed by atoms with Gasteiger partial charge >= 0.3 is 0 Å². The number of nitrogens with zero attached hydrogens (tertiary/aromatic N) is 4. The average Bonchev–Trinajstić information content (AvgIpc) is 3.10. The third-order valence-electron chi connectivity index (χ3n) is 6.26. The SMILES string of the molecule is CSc1nccc(N2CCC3(CCCN(C4CCCCC4)C3=O)C2)n1. The number of thioether (sulfide) groups is 1. The summed E-state index contributed by atoms with van der Waals surface area (Å²) < 4.78 is 0. The van der Waals surface area contributed by atoms with E-state index >= 15 is 0 Å². The molecule has 1 atom stereocenters. The zero-order valence-electron chi connectivity index (χ0n) is 15.1. The molecule has 1 aliphatic carbocycles. The fraction of sp³-hybridized carbons (Fsp3) is 0.737. The van der Waals surface area contributed by atoms with Crippen LogP contribution in [0.15, 0.2) is 17.4 Å². The highest BCUT2D eigenvalue weighted by Gasteiger charge is 2.49. The Hall–Kier alpha value is -1.30. The van der Waals surface area contributed by atoms with Crippen LogP contribution in [0.5, 0.6) is 0 Å². The Morgan fingerprint density at radius 2 is 2.00 bits per heavy atom. The van der Waals surface area contributed by atoms with Crippen LogP contribution in [-0.4, -0.2) is 52.7 Å². The van der Waals surface area contributed by atoms with Crippen molar-refractivity contribution >= 4 is 23.5 Å². The molecule has 0 radical (unpaired) electrons. The summed E-state index contributed by atoms with van der Waals surface area (Å²) in [6.45, 7) is 2.71. The molecule has 3 aliphatic rings. The van der Waals surface area contributed by atoms with E-state index in [2.05, 4.69) is 19.8 Å². The van der Waals surface area contributed by atoms with Crippen LogP contribution in [0.1, 0.15) is 51.4 Å². The van der Waals surface area contributed by atoms with Gasteiger partial charge in [0.2, 0.25) is 5.91 Å². The van der Waals surface area contributed by atoms with Gasteiger partial charge in [-0.3, -0.25) is 4.79 Å². The number of hydrogen-bond donors (Lipinski definition) is 0. The molecule has 136 valence electrons. The number of carbonyl (C=O) groups is 1. The second kappa shape index (κ2) is 7.14. The van der Waals surface area contributed by atoms with Crippen LogP contribution in [0.25, 0.3) is 0 Å². The second-order valence-electron chi connectivity index (χ2n) is 7.75. The molecule has 2 aliphatic heterocycles. The summed E-state index contributed by atoms with van der Waals surface area (Å²) in [5.74, 6) is 1.39. The van der Waals surface area contributed by atoms with Gasteiger partial charge in [0.15, 0.2) is 5.16 Å². The van der Waals surface area contributed by atoms with E-state index in [-0.39, 0.29) is 5.41 Å². The Morgan fingerprint density at radius 1 is 1.16 bits per heavy atom. The topological polar surface area (TPSA) is 49.3 Å². The smallest absolute Gasteiger partial charge is 0.230 e. The fourth-order valence-corrected chi connectivity index (χ4v) is 5.25. The largest absolute Gasteiger partial charge is 0.355 e. The van der Waals surface area contributed by atoms with Crippen LogP contribution in [-0.2, 0) is 4.79 Å². The molecule has 3 heterocycles. The molecule has 6 heteroatoms. The van der Waals surface area contributed by atoms with Crippen LogP contribution in [0.4, 0.5) is 5.82 Å². The molecule has 0 N–H and O–H groups in total. The van der Waals surface area contributed by atoms with Crippen molar-refractivity contribution in [1.82, 2.24) is 14.9 Å². The molecule has 1 aromatic heterocycles. The Labute approximate surface area is 154 Å². The highest BCUT2D eigenvalue weighted by Crippen LogP contribution is 2.43. The maximum Gasteiger partial charge on any atom is 0.230 e. The molecule has 4 rings (SSSR count). The Balaban J connectivity index is 1.50. The number of likely N-dealkylation sites (tertiary alicyclic amines) is 1. The quantitative estimate of drug-likeness (QED) is 0.611. The van der Waals surface area contributed by atoms with E-state index in [1.165, 1.54) is 32.1 Å². The van der Waals surface area contributed by atoms with Crippen LogP contribution in [0, 0.1) is 5.41 Å². The number of aromatic nitrogens is 2. The standard InChI is InChI=1S/C19H28N4OS/c1-25-18-20-11-8-16(21-18)22-13-10-19(14-22)9-5-12-23(17(19)24)15-6-3-2-4-7-15/h8,11,15H,2-7,9-10,12-14H2,1H3. The van der Waals surface area contributed by atoms with Gasteiger partial charge < -0.3 is 9.80 Å². The maximum atomic E-state index is 13.4. The first-order chi connectivity index (χ1) is 12.2. The molecule has 1 amide bonds. The van der Waals surface area contributed by atoms with Gasteiger partial charge in [-0.15, -0.1) is 0 Å². The molecular weight excluding hydrogens is 332 g/mol. The number of piperidine rings is 1. The number of anilines is 1. The Morgan fingerprint density at radius 3 is 2.80 bits per heavy atom. The zero-order chi connectivity index (χ0) is 17.3. The monoisotopic (exact) mass is 360 g/mol. The third-order valence-corrected chi connectivity index (χ3v) is 6.83. The first kappa shape index (κ1) is 17.1. The average molecular weight is 361 g/mol. The molecule has 1 saturated carbocycles. The normalized spacial score (nSPS) is 28.1. The summed E-state index contributed by atoms with van der Waals surface area (Å²) in [5, 5.41) is 0.803. The van der Waals surface area contributed by atoms with Crippen LogP contribution in [0.2, 0.25) is 0 Å². The predicted octanol–water partition coefficient (Wildman–Crippen LogP) is 3.35. The van der Waals surface area contributed by atoms with Crippen LogP contribution in [0.3, 0.4) is 0 Å². The summed E-state index contributed by atoms with van der Waals surface area (Å²) in [4.78, 5) is 26.9. The van der Waals surface area contributed by atoms with Crippen molar-refractivity contribution < 1.29 is 4.79 Å². The molecule has 3 fully saturated rings. The van der Waals surface area contributed by atoms with Crippen molar-refractivity contribution in [1.29, 1.82) is 0 Å². The highest BCUT2D eigenvalue weighted by atomic mass is 32.2. The third kappa shape index (κ3) is 3.25. The molecular formula is C19H28N4OS. The van der Waals surface area contributed by atoms with E-state index in [1.807, 2.05) is 18.5 Å². The van der Waals surface area contributed by atoms with Crippen molar-refractivity contribution in [2.45, 2.75) is 62.6 Å². The minimum absolute atomic E-state index is 0.180. The maximum absolute atomic E-state index is 13.4. The van der Waals surface area contributed by atoms with E-state index in [4.69, 9.17) is 0 Å². The molecule has 0 aromatic carbocycles. The zero-order valence-corrected chi connectivity index (χ0v) is 15.9. The summed E-state index contributed by atoms with van der Waals surface area (Å²) in [6.07, 6.45) is 13.3. The van der Waals surface area contributed by atoms with Crippen molar-refractivity contribution in [3.8, 4) is 0 Å². The van der Waals surface area contributed by atoms with Gasteiger partial charge in [-0.25, -0.2) is 9.97 Å². The van der Waals surface area contributed by atoms with E-state index in [9.17, 15) is 4.79 Å². The minimum Gasteiger partial charge on any atom is -0.355 e. The number of carbonyl (C=O) groups excluding carboxylic acids is 1. The fourth-order valence-electron chi connectivity index (χ4n) is 4.89. The molecule has 1 unspecified atom stereocenters. The lowest BCUT2D eigenvalue weighted by atomic mass is 9.77. The molecule has 2 saturated heterocycles. The van der Waals surface area contributed by atoms with Crippen LogP contribution < -0.4 is 4.90 Å². The summed E-state index contributed by atoms with van der Waals surface area (Å²) in [6, 6.07) is 2.47. The molecule has 25 heavy (non-hydrogen) atoms. The molecule has 0 bridgehead atoms. The lowest BCUT2D eigenvalue weighted by molar-refractivity contribution is -0.148. The van der Waals surface area contributed by atoms with E-state index in [0.29, 0.717) is 11.9 Å². The van der Waals surface area contributed by atoms with Crippen molar-refractivity contribution in [2.24, 2.45) is 5.41 Å². The minimum atomic E-state index is -0.180. The number of rotatable bonds is 3. The lowest BCUT2D eigenvalue weighted by Gasteiger charge is -2.44. The number of hydrogen-bond acceptors (Lipinski definition) is 5. The van der Waals surface area contributed by atoms with Gasteiger partial charge in [0, 0.05) is 31.9 Å². The van der Waals surface area contributed by atoms with Gasteiger partial charge in [-0.05, 0) is 44.4 Å². The van der Waals surface area contributed by atoms with E-state index in [1.54, 1.807) is 11.8 Å². The first-order valence-corrected chi connectivity index (χ1v) is 10.9. The van der Waals surface area contributed by atoms with Gasteiger partial charge in [0.1, 0.15) is 5.82 Å². The molecule has 5 nitrogen and oxygen atoms in total. The molecule has 1 spiro atoms. The summed E-state index contributed by atoms with van der Waals surface area (Å²) >= 11 is 1.56. The van der Waals surface area contributed by atoms with Gasteiger partial charge in [-0.1, -0.05) is 31.0 Å². The second-order valence-corrected chi connectivity index (χ2v) is 8.52. The van der Waals surface area contributed by atoms with Crippen molar-refractivity contribution in [3.05, 3.63) is 12.3 Å². The summed E-state index contributed by atoms with van der Waals surface area (Å²) in [7, 11) is 0. The molecule has 1 aromatic rings. The van der Waals surface area contributed by atoms with Crippen LogP contribution >= 0.6 is 11.8 Å². The van der Waals surface area contributed by atoms with Crippen molar-refractivity contribution in [3.63, 3.8) is 0 Å². The number of amides is 1. The van der Waals surface area contributed by atoms with Gasteiger partial charge in [0.05, 0.1) is 5.41 Å². The Kier molecular flexibility index (Phi) is 4.89. The van der Waals surface area contributed by atoms with E-state index in [0.717, 1.165) is 49.9 Å².